The van der Waals surface area contributed by atoms with Gasteiger partial charge in [0, 0.05) is 6.20 Å². The Bertz CT molecular complexity index is 722. The fourth-order valence-corrected chi connectivity index (χ4v) is 1.96. The average Bonchev–Trinajstić information content (AvgIpc) is 2.56. The Morgan fingerprint density at radius 3 is 2.62 bits per heavy atom. The average molecular weight is 369 g/mol. The number of halogens is 2. The third-order valence-corrected chi connectivity index (χ3v) is 3.37. The summed E-state index contributed by atoms with van der Waals surface area (Å²) in [6, 6.07) is 9.84. The van der Waals surface area contributed by atoms with Crippen molar-refractivity contribution in [2.45, 2.75) is 13.0 Å². The summed E-state index contributed by atoms with van der Waals surface area (Å²) in [5.41, 5.74) is 0. The normalized spacial score (nSPS) is 11.5. The Hall–Kier alpha value is -2.31. The van der Waals surface area contributed by atoms with Gasteiger partial charge in [0.25, 0.3) is 5.91 Å². The third kappa shape index (κ3) is 5.40. The molecule has 0 aliphatic rings. The Balaban J connectivity index is 1.81. The van der Waals surface area contributed by atoms with Crippen LogP contribution in [0.5, 0.6) is 5.75 Å². The molecule has 0 saturated carbocycles. The van der Waals surface area contributed by atoms with E-state index in [1.165, 1.54) is 19.2 Å². The number of carbonyl (C=O) groups is 2. The largest absolute Gasteiger partial charge is 0.480 e. The molecule has 0 spiro atoms. The number of benzene rings is 1. The summed E-state index contributed by atoms with van der Waals surface area (Å²) in [5, 5.41) is 3.34. The molecule has 0 saturated heterocycles. The quantitative estimate of drug-likeness (QED) is 0.791. The van der Waals surface area contributed by atoms with Crippen molar-refractivity contribution < 1.29 is 19.1 Å². The monoisotopic (exact) mass is 368 g/mol. The van der Waals surface area contributed by atoms with Gasteiger partial charge in [0.05, 0.1) is 10.0 Å². The van der Waals surface area contributed by atoms with E-state index < -0.39 is 18.0 Å². The number of carbonyl (C=O) groups excluding carboxylic acids is 2. The van der Waals surface area contributed by atoms with E-state index in [-0.39, 0.29) is 6.61 Å². The maximum absolute atomic E-state index is 11.9. The van der Waals surface area contributed by atoms with Crippen LogP contribution in [0.25, 0.3) is 0 Å². The number of amides is 1. The number of pyridine rings is 1. The highest BCUT2D eigenvalue weighted by atomic mass is 35.5. The van der Waals surface area contributed by atoms with E-state index in [1.54, 1.807) is 30.3 Å². The molecule has 0 radical (unpaired) electrons. The lowest BCUT2D eigenvalue weighted by molar-refractivity contribution is -0.155. The third-order valence-electron chi connectivity index (χ3n) is 2.84. The lowest BCUT2D eigenvalue weighted by atomic mass is 10.3. The highest BCUT2D eigenvalue weighted by molar-refractivity contribution is 6.32. The van der Waals surface area contributed by atoms with E-state index in [1.807, 2.05) is 0 Å². The number of aromatic nitrogens is 1. The van der Waals surface area contributed by atoms with Crippen LogP contribution in [0.1, 0.15) is 6.92 Å². The molecule has 1 N–H and O–H groups in total. The van der Waals surface area contributed by atoms with Gasteiger partial charge in [0.1, 0.15) is 11.6 Å². The van der Waals surface area contributed by atoms with Crippen LogP contribution >= 0.6 is 23.2 Å². The van der Waals surface area contributed by atoms with Crippen LogP contribution in [0.4, 0.5) is 5.82 Å². The molecule has 0 bridgehead atoms. The van der Waals surface area contributed by atoms with Crippen LogP contribution in [0, 0.1) is 0 Å². The minimum absolute atomic E-state index is 0.305. The minimum atomic E-state index is -1.01. The number of para-hydroxylation sites is 1. The van der Waals surface area contributed by atoms with Crippen molar-refractivity contribution >= 4 is 40.9 Å². The van der Waals surface area contributed by atoms with Gasteiger partial charge < -0.3 is 14.8 Å². The van der Waals surface area contributed by atoms with Crippen LogP contribution in [0.3, 0.4) is 0 Å². The zero-order valence-corrected chi connectivity index (χ0v) is 14.2. The standard InChI is InChI=1S/C16H14Cl2N2O4/c1-10(16(22)20-14-7-6-11(17)8-19-14)24-15(21)9-23-13-5-3-2-4-12(13)18/h2-8,10H,9H2,1H3,(H,19,20,22)/t10-/m0/s1. The lowest BCUT2D eigenvalue weighted by Gasteiger charge is -2.13. The van der Waals surface area contributed by atoms with Gasteiger partial charge in [-0.1, -0.05) is 35.3 Å². The molecular formula is C16H14Cl2N2O4. The Kier molecular flexibility index (Phi) is 6.40. The number of rotatable bonds is 6. The molecule has 6 nitrogen and oxygen atoms in total. The topological polar surface area (TPSA) is 77.5 Å². The predicted molar refractivity (Wildman–Crippen MR) is 90.4 cm³/mol. The molecular weight excluding hydrogens is 355 g/mol. The van der Waals surface area contributed by atoms with E-state index in [9.17, 15) is 9.59 Å². The zero-order chi connectivity index (χ0) is 17.5. The molecule has 2 aromatic rings. The van der Waals surface area contributed by atoms with E-state index in [0.29, 0.717) is 21.6 Å². The number of nitrogens with one attached hydrogen (secondary N) is 1. The Morgan fingerprint density at radius 2 is 1.96 bits per heavy atom. The van der Waals surface area contributed by atoms with Crippen LogP contribution in [-0.4, -0.2) is 29.6 Å². The summed E-state index contributed by atoms with van der Waals surface area (Å²) in [6.45, 7) is 1.08. The summed E-state index contributed by atoms with van der Waals surface area (Å²) in [4.78, 5) is 27.6. The van der Waals surface area contributed by atoms with E-state index >= 15 is 0 Å². The van der Waals surface area contributed by atoms with Crippen LogP contribution < -0.4 is 10.1 Å². The molecule has 1 heterocycles. The van der Waals surface area contributed by atoms with Crippen molar-refractivity contribution in [2.75, 3.05) is 11.9 Å². The minimum Gasteiger partial charge on any atom is -0.480 e. The molecule has 0 aliphatic carbocycles. The van der Waals surface area contributed by atoms with Crippen LogP contribution in [-0.2, 0) is 14.3 Å². The number of anilines is 1. The number of esters is 1. The second-order valence-corrected chi connectivity index (χ2v) is 5.55. The number of ether oxygens (including phenoxy) is 2. The number of hydrogen-bond acceptors (Lipinski definition) is 5. The molecule has 126 valence electrons. The number of hydrogen-bond donors (Lipinski definition) is 1. The molecule has 2 rings (SSSR count). The summed E-state index contributed by atoms with van der Waals surface area (Å²) in [6.07, 6.45) is 0.385. The van der Waals surface area contributed by atoms with Gasteiger partial charge in [0.15, 0.2) is 12.7 Å². The molecule has 1 aromatic heterocycles. The van der Waals surface area contributed by atoms with Gasteiger partial charge in [0.2, 0.25) is 0 Å². The molecule has 1 amide bonds. The first kappa shape index (κ1) is 18.0. The first-order valence-electron chi connectivity index (χ1n) is 6.95. The Labute approximate surface area is 148 Å². The first-order chi connectivity index (χ1) is 11.5. The predicted octanol–water partition coefficient (Wildman–Crippen LogP) is 3.34. The van der Waals surface area contributed by atoms with Crippen molar-refractivity contribution in [2.24, 2.45) is 0 Å². The van der Waals surface area contributed by atoms with Gasteiger partial charge in [-0.2, -0.15) is 0 Å². The van der Waals surface area contributed by atoms with E-state index in [4.69, 9.17) is 32.7 Å². The fourth-order valence-electron chi connectivity index (χ4n) is 1.66. The highest BCUT2D eigenvalue weighted by Crippen LogP contribution is 2.22. The summed E-state index contributed by atoms with van der Waals surface area (Å²) >= 11 is 11.6. The molecule has 24 heavy (non-hydrogen) atoms. The van der Waals surface area contributed by atoms with Gasteiger partial charge >= 0.3 is 5.97 Å². The number of nitrogens with zero attached hydrogens (tertiary/aromatic N) is 1. The second-order valence-electron chi connectivity index (χ2n) is 4.70. The molecule has 0 fully saturated rings. The maximum atomic E-state index is 11.9. The SMILES string of the molecule is C[C@H](OC(=O)COc1ccccc1Cl)C(=O)Nc1ccc(Cl)cn1. The summed E-state index contributed by atoms with van der Waals surface area (Å²) < 4.78 is 10.2. The van der Waals surface area contributed by atoms with Crippen molar-refractivity contribution in [3.05, 3.63) is 52.6 Å². The van der Waals surface area contributed by atoms with Crippen LogP contribution in [0.15, 0.2) is 42.6 Å². The van der Waals surface area contributed by atoms with Gasteiger partial charge in [-0.15, -0.1) is 0 Å². The van der Waals surface area contributed by atoms with E-state index in [0.717, 1.165) is 0 Å². The van der Waals surface area contributed by atoms with Crippen molar-refractivity contribution in [3.8, 4) is 5.75 Å². The lowest BCUT2D eigenvalue weighted by Crippen LogP contribution is -2.31. The van der Waals surface area contributed by atoms with Crippen molar-refractivity contribution in [1.29, 1.82) is 0 Å². The summed E-state index contributed by atoms with van der Waals surface area (Å²) in [7, 11) is 0. The van der Waals surface area contributed by atoms with E-state index in [2.05, 4.69) is 10.3 Å². The molecule has 1 aromatic carbocycles. The van der Waals surface area contributed by atoms with Gasteiger partial charge in [-0.05, 0) is 31.2 Å². The Morgan fingerprint density at radius 1 is 1.21 bits per heavy atom. The van der Waals surface area contributed by atoms with Gasteiger partial charge in [-0.3, -0.25) is 4.79 Å². The molecule has 0 unspecified atom stereocenters. The van der Waals surface area contributed by atoms with Crippen LogP contribution in [0.2, 0.25) is 10.0 Å². The second kappa shape index (κ2) is 8.52. The molecule has 1 atom stereocenters. The van der Waals surface area contributed by atoms with Gasteiger partial charge in [-0.25, -0.2) is 9.78 Å². The maximum Gasteiger partial charge on any atom is 0.344 e. The fraction of sp³-hybridized carbons (Fsp3) is 0.188. The zero-order valence-electron chi connectivity index (χ0n) is 12.7. The smallest absolute Gasteiger partial charge is 0.344 e. The highest BCUT2D eigenvalue weighted by Gasteiger charge is 2.19. The van der Waals surface area contributed by atoms with Crippen molar-refractivity contribution in [1.82, 2.24) is 4.98 Å². The summed E-state index contributed by atoms with van der Waals surface area (Å²) in [5.74, 6) is -0.546. The first-order valence-corrected chi connectivity index (χ1v) is 7.70. The molecule has 8 heteroatoms. The van der Waals surface area contributed by atoms with Crippen molar-refractivity contribution in [3.63, 3.8) is 0 Å². The molecule has 0 aliphatic heterocycles.